The first-order valence-electron chi connectivity index (χ1n) is 8.51. The minimum atomic E-state index is -0.139. The molecule has 0 atom stereocenters. The Bertz CT molecular complexity index is 793. The highest BCUT2D eigenvalue weighted by Crippen LogP contribution is 2.34. The molecule has 0 fully saturated rings. The number of nitrogens with zero attached hydrogens (tertiary/aromatic N) is 2. The molecule has 2 amide bonds. The van der Waals surface area contributed by atoms with E-state index < -0.39 is 0 Å². The van der Waals surface area contributed by atoms with Gasteiger partial charge in [-0.1, -0.05) is 12.1 Å². The second-order valence-corrected chi connectivity index (χ2v) is 6.20. The zero-order valence-electron chi connectivity index (χ0n) is 14.2. The van der Waals surface area contributed by atoms with Crippen LogP contribution in [-0.2, 0) is 0 Å². The van der Waals surface area contributed by atoms with E-state index in [9.17, 15) is 4.79 Å². The van der Waals surface area contributed by atoms with E-state index in [-0.39, 0.29) is 6.03 Å². The van der Waals surface area contributed by atoms with Crippen LogP contribution in [0.2, 0.25) is 0 Å². The van der Waals surface area contributed by atoms with Crippen LogP contribution in [0.3, 0.4) is 0 Å². The fourth-order valence-corrected chi connectivity index (χ4v) is 3.25. The number of para-hydroxylation sites is 2. The average Bonchev–Trinajstić information content (AvgIpc) is 2.81. The number of amides is 2. The van der Waals surface area contributed by atoms with Gasteiger partial charge in [-0.15, -0.1) is 0 Å². The molecule has 6 heteroatoms. The number of carbonyl (C=O) groups is 1. The van der Waals surface area contributed by atoms with Crippen molar-refractivity contribution in [3.05, 3.63) is 42.5 Å². The third-order valence-electron chi connectivity index (χ3n) is 4.50. The Labute approximate surface area is 146 Å². The molecule has 1 N–H and O–H groups in total. The topological polar surface area (TPSA) is 54.0 Å². The molecule has 25 heavy (non-hydrogen) atoms. The van der Waals surface area contributed by atoms with Gasteiger partial charge in [-0.2, -0.15) is 0 Å². The summed E-state index contributed by atoms with van der Waals surface area (Å²) >= 11 is 0. The third kappa shape index (κ3) is 3.07. The number of hydrogen-bond donors (Lipinski definition) is 1. The van der Waals surface area contributed by atoms with Gasteiger partial charge in [-0.3, -0.25) is 4.90 Å². The van der Waals surface area contributed by atoms with Gasteiger partial charge in [0.2, 0.25) is 0 Å². The molecule has 0 aliphatic carbocycles. The van der Waals surface area contributed by atoms with Crippen molar-refractivity contribution in [1.82, 2.24) is 0 Å². The van der Waals surface area contributed by atoms with Crippen molar-refractivity contribution in [1.29, 1.82) is 0 Å². The molecule has 4 rings (SSSR count). The molecule has 0 saturated heterocycles. The number of anilines is 3. The number of fused-ring (bicyclic) bond motifs is 2. The maximum atomic E-state index is 12.9. The fraction of sp³-hybridized carbons (Fsp3) is 0.316. The predicted octanol–water partition coefficient (Wildman–Crippen LogP) is 3.34. The van der Waals surface area contributed by atoms with Gasteiger partial charge in [0.1, 0.15) is 13.2 Å². The lowest BCUT2D eigenvalue weighted by atomic mass is 10.2. The highest BCUT2D eigenvalue weighted by atomic mass is 16.6. The summed E-state index contributed by atoms with van der Waals surface area (Å²) in [5.41, 5.74) is 2.69. The summed E-state index contributed by atoms with van der Waals surface area (Å²) in [6, 6.07) is 13.3. The smallest absolute Gasteiger partial charge is 0.326 e. The maximum Gasteiger partial charge on any atom is 0.326 e. The molecule has 130 valence electrons. The summed E-state index contributed by atoms with van der Waals surface area (Å²) in [4.78, 5) is 16.9. The molecular weight excluding hydrogens is 318 g/mol. The molecule has 2 aromatic rings. The van der Waals surface area contributed by atoms with E-state index in [0.717, 1.165) is 24.3 Å². The van der Waals surface area contributed by atoms with Crippen LogP contribution in [-0.4, -0.2) is 39.4 Å². The molecule has 0 spiro atoms. The van der Waals surface area contributed by atoms with Gasteiger partial charge >= 0.3 is 6.03 Å². The van der Waals surface area contributed by atoms with Gasteiger partial charge in [0.05, 0.1) is 11.4 Å². The first-order valence-corrected chi connectivity index (χ1v) is 8.51. The molecule has 0 saturated carbocycles. The van der Waals surface area contributed by atoms with Gasteiger partial charge in [-0.05, 0) is 30.7 Å². The Balaban J connectivity index is 1.57. The summed E-state index contributed by atoms with van der Waals surface area (Å²) in [7, 11) is 2.06. The normalized spacial score (nSPS) is 16.0. The van der Waals surface area contributed by atoms with Crippen molar-refractivity contribution >= 4 is 23.1 Å². The second kappa shape index (κ2) is 6.55. The quantitative estimate of drug-likeness (QED) is 0.866. The molecule has 2 aliphatic heterocycles. The summed E-state index contributed by atoms with van der Waals surface area (Å²) in [6.45, 7) is 2.68. The second-order valence-electron chi connectivity index (χ2n) is 6.20. The lowest BCUT2D eigenvalue weighted by Crippen LogP contribution is -2.35. The van der Waals surface area contributed by atoms with Crippen molar-refractivity contribution < 1.29 is 14.3 Å². The van der Waals surface area contributed by atoms with Crippen molar-refractivity contribution in [2.75, 3.05) is 48.5 Å². The first kappa shape index (κ1) is 15.6. The van der Waals surface area contributed by atoms with E-state index in [2.05, 4.69) is 17.3 Å². The Morgan fingerprint density at radius 2 is 1.76 bits per heavy atom. The molecule has 2 aliphatic rings. The minimum absolute atomic E-state index is 0.139. The minimum Gasteiger partial charge on any atom is -0.486 e. The van der Waals surface area contributed by atoms with E-state index in [0.29, 0.717) is 36.9 Å². The largest absolute Gasteiger partial charge is 0.486 e. The standard InChI is InChI=1S/C19H21N3O3/c1-21-9-4-10-22(16-6-3-2-5-15(16)21)19(23)20-14-7-8-17-18(13-14)25-12-11-24-17/h2-3,5-8,13H,4,9-12H2,1H3,(H,20,23). The van der Waals surface area contributed by atoms with Crippen LogP contribution in [0.4, 0.5) is 21.9 Å². The van der Waals surface area contributed by atoms with E-state index in [1.54, 1.807) is 4.90 Å². The molecule has 6 nitrogen and oxygen atoms in total. The first-order chi connectivity index (χ1) is 12.2. The van der Waals surface area contributed by atoms with Gasteiger partial charge < -0.3 is 19.7 Å². The predicted molar refractivity (Wildman–Crippen MR) is 98.1 cm³/mol. The molecule has 0 unspecified atom stereocenters. The van der Waals surface area contributed by atoms with Crippen LogP contribution in [0.25, 0.3) is 0 Å². The molecule has 0 bridgehead atoms. The number of urea groups is 1. The SMILES string of the molecule is CN1CCCN(C(=O)Nc2ccc3c(c2)OCCO3)c2ccccc21. The van der Waals surface area contributed by atoms with Crippen LogP contribution in [0.5, 0.6) is 11.5 Å². The Kier molecular flexibility index (Phi) is 4.09. The third-order valence-corrected chi connectivity index (χ3v) is 4.50. The molecule has 0 aromatic heterocycles. The average molecular weight is 339 g/mol. The molecule has 2 aromatic carbocycles. The van der Waals surface area contributed by atoms with Crippen LogP contribution in [0, 0.1) is 0 Å². The van der Waals surface area contributed by atoms with Crippen LogP contribution in [0.15, 0.2) is 42.5 Å². The Hall–Kier alpha value is -2.89. The highest BCUT2D eigenvalue weighted by molar-refractivity contribution is 6.04. The number of carbonyl (C=O) groups excluding carboxylic acids is 1. The summed E-state index contributed by atoms with van der Waals surface area (Å²) < 4.78 is 11.1. The molecular formula is C19H21N3O3. The van der Waals surface area contributed by atoms with Crippen LogP contribution >= 0.6 is 0 Å². The van der Waals surface area contributed by atoms with Gasteiger partial charge in [0, 0.05) is 31.9 Å². The monoisotopic (exact) mass is 339 g/mol. The number of rotatable bonds is 1. The van der Waals surface area contributed by atoms with E-state index in [1.165, 1.54) is 0 Å². The summed E-state index contributed by atoms with van der Waals surface area (Å²) in [5.74, 6) is 1.38. The summed E-state index contributed by atoms with van der Waals surface area (Å²) in [5, 5.41) is 2.98. The van der Waals surface area contributed by atoms with Gasteiger partial charge in [0.15, 0.2) is 11.5 Å². The number of benzene rings is 2. The molecule has 0 radical (unpaired) electrons. The van der Waals surface area contributed by atoms with E-state index in [1.807, 2.05) is 42.5 Å². The van der Waals surface area contributed by atoms with Gasteiger partial charge in [-0.25, -0.2) is 4.79 Å². The highest BCUT2D eigenvalue weighted by Gasteiger charge is 2.23. The van der Waals surface area contributed by atoms with E-state index in [4.69, 9.17) is 9.47 Å². The van der Waals surface area contributed by atoms with Crippen LogP contribution in [0.1, 0.15) is 6.42 Å². The van der Waals surface area contributed by atoms with Crippen molar-refractivity contribution in [3.63, 3.8) is 0 Å². The zero-order valence-corrected chi connectivity index (χ0v) is 14.2. The lowest BCUT2D eigenvalue weighted by Gasteiger charge is -2.25. The van der Waals surface area contributed by atoms with Gasteiger partial charge in [0.25, 0.3) is 0 Å². The maximum absolute atomic E-state index is 12.9. The number of hydrogen-bond acceptors (Lipinski definition) is 4. The Morgan fingerprint density at radius 1 is 1.00 bits per heavy atom. The lowest BCUT2D eigenvalue weighted by molar-refractivity contribution is 0.171. The Morgan fingerprint density at radius 3 is 2.60 bits per heavy atom. The number of nitrogens with one attached hydrogen (secondary N) is 1. The molecule has 2 heterocycles. The van der Waals surface area contributed by atoms with Crippen molar-refractivity contribution in [2.24, 2.45) is 0 Å². The van der Waals surface area contributed by atoms with Crippen molar-refractivity contribution in [2.45, 2.75) is 6.42 Å². The summed E-state index contributed by atoms with van der Waals surface area (Å²) in [6.07, 6.45) is 0.916. The van der Waals surface area contributed by atoms with E-state index >= 15 is 0 Å². The number of ether oxygens (including phenoxy) is 2. The zero-order chi connectivity index (χ0) is 17.2. The fourth-order valence-electron chi connectivity index (χ4n) is 3.25. The van der Waals surface area contributed by atoms with Crippen molar-refractivity contribution in [3.8, 4) is 11.5 Å². The van der Waals surface area contributed by atoms with Crippen LogP contribution < -0.4 is 24.6 Å².